The largest absolute Gasteiger partial charge is 0.313 e. The summed E-state index contributed by atoms with van der Waals surface area (Å²) in [4.78, 5) is 0.209. The molecular formula is C11H22N4O2S. The summed E-state index contributed by atoms with van der Waals surface area (Å²) in [6.07, 6.45) is 2.92. The van der Waals surface area contributed by atoms with Gasteiger partial charge in [0.25, 0.3) is 0 Å². The van der Waals surface area contributed by atoms with E-state index in [2.05, 4.69) is 29.0 Å². The molecule has 0 atom stereocenters. The van der Waals surface area contributed by atoms with Crippen molar-refractivity contribution in [2.75, 3.05) is 6.54 Å². The molecule has 18 heavy (non-hydrogen) atoms. The first-order chi connectivity index (χ1) is 8.31. The van der Waals surface area contributed by atoms with Crippen LogP contribution in [0.3, 0.4) is 0 Å². The zero-order chi connectivity index (χ0) is 13.8. The molecule has 0 amide bonds. The summed E-state index contributed by atoms with van der Waals surface area (Å²) in [5.41, 5.74) is 0. The number of hydrogen-bond donors (Lipinski definition) is 2. The van der Waals surface area contributed by atoms with Gasteiger partial charge in [0.15, 0.2) is 0 Å². The molecule has 0 bridgehead atoms. The first kappa shape index (κ1) is 15.1. The Bertz CT molecular complexity index is 465. The van der Waals surface area contributed by atoms with E-state index in [1.807, 2.05) is 0 Å². The van der Waals surface area contributed by atoms with Gasteiger partial charge in [-0.25, -0.2) is 13.1 Å². The molecule has 104 valence electrons. The number of hydrogen-bond acceptors (Lipinski definition) is 4. The lowest BCUT2D eigenvalue weighted by molar-refractivity contribution is 0.514. The van der Waals surface area contributed by atoms with Crippen molar-refractivity contribution in [2.24, 2.45) is 0 Å². The average Bonchev–Trinajstić information content (AvgIpc) is 2.64. The van der Waals surface area contributed by atoms with Crippen molar-refractivity contribution in [1.29, 1.82) is 0 Å². The fraction of sp³-hybridized carbons (Fsp3) is 0.727. The van der Waals surface area contributed by atoms with E-state index in [0.29, 0.717) is 12.6 Å². The molecular weight excluding hydrogens is 252 g/mol. The van der Waals surface area contributed by atoms with Crippen molar-refractivity contribution in [1.82, 2.24) is 19.8 Å². The average molecular weight is 274 g/mol. The van der Waals surface area contributed by atoms with Crippen molar-refractivity contribution in [3.8, 4) is 0 Å². The first-order valence-corrected chi connectivity index (χ1v) is 7.58. The predicted octanol–water partition coefficient (Wildman–Crippen LogP) is 0.568. The highest BCUT2D eigenvalue weighted by molar-refractivity contribution is 7.89. The van der Waals surface area contributed by atoms with E-state index >= 15 is 0 Å². The number of nitrogens with zero attached hydrogens (tertiary/aromatic N) is 2. The molecule has 0 aromatic carbocycles. The van der Waals surface area contributed by atoms with E-state index in [0.717, 1.165) is 6.54 Å². The summed E-state index contributed by atoms with van der Waals surface area (Å²) in [5, 5.41) is 7.29. The summed E-state index contributed by atoms with van der Waals surface area (Å²) in [5.74, 6) is 0. The lowest BCUT2D eigenvalue weighted by atomic mass is 10.4. The minimum absolute atomic E-state index is 0.124. The van der Waals surface area contributed by atoms with E-state index < -0.39 is 10.0 Å². The first-order valence-electron chi connectivity index (χ1n) is 6.09. The predicted molar refractivity (Wildman–Crippen MR) is 70.8 cm³/mol. The van der Waals surface area contributed by atoms with E-state index in [4.69, 9.17) is 0 Å². The number of rotatable bonds is 7. The molecule has 7 heteroatoms. The summed E-state index contributed by atoms with van der Waals surface area (Å²) >= 11 is 0. The van der Waals surface area contributed by atoms with Crippen LogP contribution in [0.1, 0.15) is 27.7 Å². The minimum Gasteiger partial charge on any atom is -0.313 e. The van der Waals surface area contributed by atoms with Crippen LogP contribution in [0, 0.1) is 0 Å². The van der Waals surface area contributed by atoms with Gasteiger partial charge in [-0.1, -0.05) is 13.8 Å². The Morgan fingerprint density at radius 2 is 1.94 bits per heavy atom. The molecule has 0 saturated heterocycles. The maximum absolute atomic E-state index is 11.9. The molecule has 0 fully saturated rings. The molecule has 0 aliphatic heterocycles. The number of aromatic nitrogens is 2. The summed E-state index contributed by atoms with van der Waals surface area (Å²) in [7, 11) is -3.43. The van der Waals surface area contributed by atoms with Crippen LogP contribution in [-0.2, 0) is 16.6 Å². The van der Waals surface area contributed by atoms with Gasteiger partial charge < -0.3 is 5.32 Å². The van der Waals surface area contributed by atoms with Gasteiger partial charge >= 0.3 is 0 Å². The highest BCUT2D eigenvalue weighted by Gasteiger charge is 2.17. The Morgan fingerprint density at radius 1 is 1.28 bits per heavy atom. The summed E-state index contributed by atoms with van der Waals surface area (Å²) in [6, 6.07) is 0.285. The van der Waals surface area contributed by atoms with E-state index in [9.17, 15) is 8.42 Å². The highest BCUT2D eigenvalue weighted by Crippen LogP contribution is 2.07. The second-order valence-corrected chi connectivity index (χ2v) is 6.54. The molecule has 1 heterocycles. The Labute approximate surface area is 109 Å². The lowest BCUT2D eigenvalue weighted by Crippen LogP contribution is -2.30. The van der Waals surface area contributed by atoms with Crippen LogP contribution in [0.5, 0.6) is 0 Å². The second-order valence-electron chi connectivity index (χ2n) is 4.82. The Morgan fingerprint density at radius 3 is 2.50 bits per heavy atom. The molecule has 0 aliphatic rings. The van der Waals surface area contributed by atoms with Crippen LogP contribution in [-0.4, -0.2) is 36.8 Å². The molecule has 0 aliphatic carbocycles. The highest BCUT2D eigenvalue weighted by atomic mass is 32.2. The molecule has 0 saturated carbocycles. The van der Waals surface area contributed by atoms with Crippen LogP contribution in [0.25, 0.3) is 0 Å². The van der Waals surface area contributed by atoms with Crippen LogP contribution < -0.4 is 10.0 Å². The van der Waals surface area contributed by atoms with Crippen LogP contribution in [0.15, 0.2) is 17.3 Å². The normalized spacial score (nSPS) is 12.6. The van der Waals surface area contributed by atoms with Gasteiger partial charge in [0, 0.05) is 24.8 Å². The third kappa shape index (κ3) is 4.75. The molecule has 0 unspecified atom stereocenters. The molecule has 0 spiro atoms. The fourth-order valence-corrected chi connectivity index (χ4v) is 2.65. The smallest absolute Gasteiger partial charge is 0.243 e. The van der Waals surface area contributed by atoms with E-state index in [1.165, 1.54) is 6.20 Å². The zero-order valence-corrected chi connectivity index (χ0v) is 12.2. The summed E-state index contributed by atoms with van der Waals surface area (Å²) < 4.78 is 27.9. The van der Waals surface area contributed by atoms with Crippen molar-refractivity contribution < 1.29 is 8.42 Å². The van der Waals surface area contributed by atoms with Gasteiger partial charge in [-0.2, -0.15) is 5.10 Å². The van der Waals surface area contributed by atoms with Crippen molar-refractivity contribution >= 4 is 10.0 Å². The molecule has 2 N–H and O–H groups in total. The van der Waals surface area contributed by atoms with Gasteiger partial charge in [0.2, 0.25) is 10.0 Å². The van der Waals surface area contributed by atoms with Gasteiger partial charge in [-0.15, -0.1) is 0 Å². The monoisotopic (exact) mass is 274 g/mol. The zero-order valence-electron chi connectivity index (χ0n) is 11.3. The number of nitrogens with one attached hydrogen (secondary N) is 2. The molecule has 1 rings (SSSR count). The minimum atomic E-state index is -3.43. The van der Waals surface area contributed by atoms with Gasteiger partial charge in [-0.3, -0.25) is 4.68 Å². The molecule has 6 nitrogen and oxygen atoms in total. The van der Waals surface area contributed by atoms with E-state index in [-0.39, 0.29) is 10.9 Å². The third-order valence-corrected chi connectivity index (χ3v) is 3.82. The Hall–Kier alpha value is -0.920. The van der Waals surface area contributed by atoms with Crippen LogP contribution in [0.2, 0.25) is 0 Å². The van der Waals surface area contributed by atoms with Gasteiger partial charge in [0.05, 0.1) is 12.7 Å². The molecule has 1 aromatic rings. The number of sulfonamides is 1. The fourth-order valence-electron chi connectivity index (χ4n) is 1.45. The molecule has 0 radical (unpaired) electrons. The Kier molecular flexibility index (Phi) is 5.30. The van der Waals surface area contributed by atoms with Crippen molar-refractivity contribution in [3.63, 3.8) is 0 Å². The second kappa shape index (κ2) is 6.31. The maximum atomic E-state index is 11.9. The van der Waals surface area contributed by atoms with Crippen molar-refractivity contribution in [2.45, 2.75) is 51.2 Å². The summed E-state index contributed by atoms with van der Waals surface area (Å²) in [6.45, 7) is 9.10. The maximum Gasteiger partial charge on any atom is 0.243 e. The topological polar surface area (TPSA) is 76.0 Å². The SMILES string of the molecule is CC(C)NCCn1cc(S(=O)(=O)NC(C)C)cn1. The van der Waals surface area contributed by atoms with E-state index in [1.54, 1.807) is 24.7 Å². The standard InChI is InChI=1S/C11H22N4O2S/c1-9(2)12-5-6-15-8-11(7-13-15)18(16,17)14-10(3)4/h7-10,12,14H,5-6H2,1-4H3. The van der Waals surface area contributed by atoms with Crippen molar-refractivity contribution in [3.05, 3.63) is 12.4 Å². The van der Waals surface area contributed by atoms with Gasteiger partial charge in [-0.05, 0) is 13.8 Å². The van der Waals surface area contributed by atoms with Crippen LogP contribution in [0.4, 0.5) is 0 Å². The van der Waals surface area contributed by atoms with Gasteiger partial charge in [0.1, 0.15) is 4.90 Å². The quantitative estimate of drug-likeness (QED) is 0.762. The Balaban J connectivity index is 2.63. The lowest BCUT2D eigenvalue weighted by Gasteiger charge is -2.08. The third-order valence-electron chi connectivity index (χ3n) is 2.20. The van der Waals surface area contributed by atoms with Crippen LogP contribution >= 0.6 is 0 Å². The molecule has 1 aromatic heterocycles.